The Morgan fingerprint density at radius 2 is 2.38 bits per heavy atom. The van der Waals surface area contributed by atoms with Crippen LogP contribution >= 0.6 is 11.3 Å². The zero-order chi connectivity index (χ0) is 11.4. The van der Waals surface area contributed by atoms with Gasteiger partial charge in [-0.3, -0.25) is 0 Å². The Bertz CT molecular complexity index is 509. The number of rotatable bonds is 4. The SMILES string of the molecule is CCCCc1noc(-c2ccc(C#N)s2)n1. The molecule has 0 amide bonds. The van der Waals surface area contributed by atoms with E-state index in [0.717, 1.165) is 30.0 Å². The Hall–Kier alpha value is -1.67. The first kappa shape index (κ1) is 10.8. The summed E-state index contributed by atoms with van der Waals surface area (Å²) in [7, 11) is 0. The summed E-state index contributed by atoms with van der Waals surface area (Å²) >= 11 is 1.37. The molecule has 0 aliphatic heterocycles. The van der Waals surface area contributed by atoms with E-state index in [1.165, 1.54) is 11.3 Å². The molecule has 0 fully saturated rings. The quantitative estimate of drug-likeness (QED) is 0.814. The van der Waals surface area contributed by atoms with Gasteiger partial charge in [0.15, 0.2) is 5.82 Å². The molecular formula is C11H11N3OS. The highest BCUT2D eigenvalue weighted by Gasteiger charge is 2.10. The van der Waals surface area contributed by atoms with Crippen molar-refractivity contribution in [3.63, 3.8) is 0 Å². The van der Waals surface area contributed by atoms with Crippen LogP contribution < -0.4 is 0 Å². The predicted molar refractivity (Wildman–Crippen MR) is 60.9 cm³/mol. The van der Waals surface area contributed by atoms with Gasteiger partial charge in [-0.15, -0.1) is 11.3 Å². The molecule has 0 radical (unpaired) electrons. The zero-order valence-electron chi connectivity index (χ0n) is 8.93. The Labute approximate surface area is 97.5 Å². The lowest BCUT2D eigenvalue weighted by molar-refractivity contribution is 0.422. The van der Waals surface area contributed by atoms with E-state index in [1.807, 2.05) is 6.07 Å². The third kappa shape index (κ3) is 2.28. The van der Waals surface area contributed by atoms with Gasteiger partial charge in [-0.2, -0.15) is 10.2 Å². The van der Waals surface area contributed by atoms with Gasteiger partial charge < -0.3 is 4.52 Å². The highest BCUT2D eigenvalue weighted by molar-refractivity contribution is 7.15. The van der Waals surface area contributed by atoms with E-state index in [9.17, 15) is 0 Å². The van der Waals surface area contributed by atoms with E-state index >= 15 is 0 Å². The molecule has 2 rings (SSSR count). The number of aryl methyl sites for hydroxylation is 1. The maximum Gasteiger partial charge on any atom is 0.268 e. The Balaban J connectivity index is 2.15. The van der Waals surface area contributed by atoms with Crippen LogP contribution in [0.5, 0.6) is 0 Å². The van der Waals surface area contributed by atoms with Crippen LogP contribution in [0, 0.1) is 11.3 Å². The maximum atomic E-state index is 8.71. The molecular weight excluding hydrogens is 222 g/mol. The summed E-state index contributed by atoms with van der Waals surface area (Å²) in [4.78, 5) is 5.80. The number of nitrogens with zero attached hydrogens (tertiary/aromatic N) is 3. The lowest BCUT2D eigenvalue weighted by Gasteiger charge is -1.87. The van der Waals surface area contributed by atoms with Gasteiger partial charge in [0.1, 0.15) is 10.9 Å². The highest BCUT2D eigenvalue weighted by Crippen LogP contribution is 2.26. The van der Waals surface area contributed by atoms with E-state index in [1.54, 1.807) is 6.07 Å². The fourth-order valence-corrected chi connectivity index (χ4v) is 2.03. The highest BCUT2D eigenvalue weighted by atomic mass is 32.1. The average molecular weight is 233 g/mol. The predicted octanol–water partition coefficient (Wildman–Crippen LogP) is 3.01. The third-order valence-corrected chi connectivity index (χ3v) is 3.13. The molecule has 0 unspecified atom stereocenters. The second-order valence-electron chi connectivity index (χ2n) is 3.40. The van der Waals surface area contributed by atoms with Crippen LogP contribution in [0.1, 0.15) is 30.5 Å². The van der Waals surface area contributed by atoms with Crippen molar-refractivity contribution in [3.8, 4) is 16.8 Å². The molecule has 0 atom stereocenters. The number of hydrogen-bond donors (Lipinski definition) is 0. The van der Waals surface area contributed by atoms with Crippen LogP contribution in [0.4, 0.5) is 0 Å². The standard InChI is InChI=1S/C11H11N3OS/c1-2-3-4-10-13-11(15-14-10)9-6-5-8(7-12)16-9/h5-6H,2-4H2,1H3. The van der Waals surface area contributed by atoms with Crippen LogP contribution in [0.25, 0.3) is 10.8 Å². The van der Waals surface area contributed by atoms with Gasteiger partial charge in [-0.25, -0.2) is 0 Å². The van der Waals surface area contributed by atoms with Gasteiger partial charge in [0, 0.05) is 6.42 Å². The summed E-state index contributed by atoms with van der Waals surface area (Å²) < 4.78 is 5.15. The molecule has 0 bridgehead atoms. The minimum absolute atomic E-state index is 0.512. The monoisotopic (exact) mass is 233 g/mol. The lowest BCUT2D eigenvalue weighted by atomic mass is 10.2. The van der Waals surface area contributed by atoms with Gasteiger partial charge in [-0.05, 0) is 18.6 Å². The third-order valence-electron chi connectivity index (χ3n) is 2.15. The minimum atomic E-state index is 0.512. The molecule has 82 valence electrons. The van der Waals surface area contributed by atoms with Gasteiger partial charge >= 0.3 is 0 Å². The zero-order valence-corrected chi connectivity index (χ0v) is 9.75. The summed E-state index contributed by atoms with van der Waals surface area (Å²) in [5.74, 6) is 1.25. The van der Waals surface area contributed by atoms with Crippen LogP contribution in [0.3, 0.4) is 0 Å². The number of hydrogen-bond acceptors (Lipinski definition) is 5. The first-order chi connectivity index (χ1) is 7.83. The Kier molecular flexibility index (Phi) is 3.32. The van der Waals surface area contributed by atoms with Gasteiger partial charge in [0.2, 0.25) is 0 Å². The second-order valence-corrected chi connectivity index (χ2v) is 4.48. The van der Waals surface area contributed by atoms with Crippen LogP contribution in [-0.4, -0.2) is 10.1 Å². The summed E-state index contributed by atoms with van der Waals surface area (Å²) in [5, 5.41) is 12.6. The van der Waals surface area contributed by atoms with Gasteiger partial charge in [-0.1, -0.05) is 18.5 Å². The fraction of sp³-hybridized carbons (Fsp3) is 0.364. The molecule has 5 heteroatoms. The Morgan fingerprint density at radius 3 is 3.06 bits per heavy atom. The van der Waals surface area contributed by atoms with Crippen molar-refractivity contribution >= 4 is 11.3 Å². The number of aromatic nitrogens is 2. The Morgan fingerprint density at radius 1 is 1.50 bits per heavy atom. The molecule has 4 nitrogen and oxygen atoms in total. The molecule has 16 heavy (non-hydrogen) atoms. The van der Waals surface area contributed by atoms with Gasteiger partial charge in [0.25, 0.3) is 5.89 Å². The molecule has 0 saturated heterocycles. The number of unbranched alkanes of at least 4 members (excludes halogenated alkanes) is 1. The van der Waals surface area contributed by atoms with Crippen molar-refractivity contribution in [2.45, 2.75) is 26.2 Å². The normalized spacial score (nSPS) is 10.2. The van der Waals surface area contributed by atoms with E-state index in [4.69, 9.17) is 9.78 Å². The van der Waals surface area contributed by atoms with Crippen LogP contribution in [0.15, 0.2) is 16.7 Å². The lowest BCUT2D eigenvalue weighted by Crippen LogP contribution is -1.86. The van der Waals surface area contributed by atoms with Crippen LogP contribution in [-0.2, 0) is 6.42 Å². The molecule has 0 aliphatic carbocycles. The van der Waals surface area contributed by atoms with Gasteiger partial charge in [0.05, 0.1) is 4.88 Å². The van der Waals surface area contributed by atoms with Crippen molar-refractivity contribution < 1.29 is 4.52 Å². The van der Waals surface area contributed by atoms with Crippen LogP contribution in [0.2, 0.25) is 0 Å². The first-order valence-electron chi connectivity index (χ1n) is 5.16. The first-order valence-corrected chi connectivity index (χ1v) is 5.98. The molecule has 2 heterocycles. The summed E-state index contributed by atoms with van der Waals surface area (Å²) in [6, 6.07) is 5.68. The molecule has 0 N–H and O–H groups in total. The molecule has 0 saturated carbocycles. The fourth-order valence-electron chi connectivity index (χ4n) is 1.30. The summed E-state index contributed by atoms with van der Waals surface area (Å²) in [6.07, 6.45) is 3.02. The van der Waals surface area contributed by atoms with E-state index in [-0.39, 0.29) is 0 Å². The molecule has 0 spiro atoms. The minimum Gasteiger partial charge on any atom is -0.333 e. The smallest absolute Gasteiger partial charge is 0.268 e. The molecule has 0 aromatic carbocycles. The maximum absolute atomic E-state index is 8.71. The van der Waals surface area contributed by atoms with E-state index in [2.05, 4.69) is 23.1 Å². The molecule has 2 aromatic rings. The average Bonchev–Trinajstić information content (AvgIpc) is 2.94. The van der Waals surface area contributed by atoms with E-state index < -0.39 is 0 Å². The van der Waals surface area contributed by atoms with E-state index in [0.29, 0.717) is 10.8 Å². The van der Waals surface area contributed by atoms with Crippen molar-refractivity contribution in [1.29, 1.82) is 5.26 Å². The van der Waals surface area contributed by atoms with Crippen molar-refractivity contribution in [2.24, 2.45) is 0 Å². The summed E-state index contributed by atoms with van der Waals surface area (Å²) in [5.41, 5.74) is 0. The summed E-state index contributed by atoms with van der Waals surface area (Å²) in [6.45, 7) is 2.12. The molecule has 0 aliphatic rings. The number of thiophene rings is 1. The molecule has 2 aromatic heterocycles. The van der Waals surface area contributed by atoms with Crippen molar-refractivity contribution in [3.05, 3.63) is 22.8 Å². The second kappa shape index (κ2) is 4.90. The van der Waals surface area contributed by atoms with Crippen molar-refractivity contribution in [2.75, 3.05) is 0 Å². The number of nitriles is 1. The van der Waals surface area contributed by atoms with Crippen molar-refractivity contribution in [1.82, 2.24) is 10.1 Å². The largest absolute Gasteiger partial charge is 0.333 e. The topological polar surface area (TPSA) is 62.7 Å².